The Bertz CT molecular complexity index is 1140. The SMILES string of the molecule is O=C1c2ccccc2Cc2cc(-c3ccccc3)c(-c3ccccc3)cc21. The highest BCUT2D eigenvalue weighted by Crippen LogP contribution is 2.38. The molecular weight excluding hydrogens is 328 g/mol. The summed E-state index contributed by atoms with van der Waals surface area (Å²) in [4.78, 5) is 13.1. The summed E-state index contributed by atoms with van der Waals surface area (Å²) >= 11 is 0. The first kappa shape index (κ1) is 15.8. The molecule has 1 aliphatic carbocycles. The van der Waals surface area contributed by atoms with Gasteiger partial charge in [-0.05, 0) is 51.9 Å². The Morgan fingerprint density at radius 3 is 1.70 bits per heavy atom. The molecule has 0 N–H and O–H groups in total. The summed E-state index contributed by atoms with van der Waals surface area (Å²) in [5.74, 6) is 0.128. The van der Waals surface area contributed by atoms with Gasteiger partial charge < -0.3 is 0 Å². The molecule has 4 aromatic rings. The van der Waals surface area contributed by atoms with E-state index in [2.05, 4.69) is 54.6 Å². The van der Waals surface area contributed by atoms with Crippen LogP contribution in [0.1, 0.15) is 27.0 Å². The van der Waals surface area contributed by atoms with Crippen molar-refractivity contribution in [3.05, 3.63) is 119 Å². The van der Waals surface area contributed by atoms with Crippen molar-refractivity contribution < 1.29 is 4.79 Å². The molecule has 0 bridgehead atoms. The fourth-order valence-corrected chi connectivity index (χ4v) is 3.96. The molecule has 0 saturated heterocycles. The van der Waals surface area contributed by atoms with Gasteiger partial charge in [0.2, 0.25) is 0 Å². The van der Waals surface area contributed by atoms with Gasteiger partial charge >= 0.3 is 0 Å². The molecule has 0 spiro atoms. The molecule has 4 aromatic carbocycles. The second-order valence-electron chi connectivity index (χ2n) is 6.95. The van der Waals surface area contributed by atoms with Gasteiger partial charge in [0.25, 0.3) is 0 Å². The highest BCUT2D eigenvalue weighted by atomic mass is 16.1. The highest BCUT2D eigenvalue weighted by Gasteiger charge is 2.25. The molecule has 1 aliphatic rings. The van der Waals surface area contributed by atoms with Crippen molar-refractivity contribution in [3.63, 3.8) is 0 Å². The van der Waals surface area contributed by atoms with Gasteiger partial charge in [-0.2, -0.15) is 0 Å². The van der Waals surface area contributed by atoms with Crippen LogP contribution in [0, 0.1) is 0 Å². The van der Waals surface area contributed by atoms with Crippen molar-refractivity contribution in [2.45, 2.75) is 6.42 Å². The van der Waals surface area contributed by atoms with Crippen LogP contribution >= 0.6 is 0 Å². The number of rotatable bonds is 2. The van der Waals surface area contributed by atoms with Crippen LogP contribution in [0.15, 0.2) is 97.1 Å². The van der Waals surface area contributed by atoms with Gasteiger partial charge in [0.1, 0.15) is 0 Å². The molecule has 0 aliphatic heterocycles. The smallest absolute Gasteiger partial charge is 0.193 e. The Balaban J connectivity index is 1.77. The first-order valence-corrected chi connectivity index (χ1v) is 9.21. The van der Waals surface area contributed by atoms with Crippen molar-refractivity contribution in [3.8, 4) is 22.3 Å². The van der Waals surface area contributed by atoms with Gasteiger partial charge in [-0.3, -0.25) is 4.79 Å². The van der Waals surface area contributed by atoms with Crippen LogP contribution in [0.5, 0.6) is 0 Å². The van der Waals surface area contributed by atoms with E-state index in [0.717, 1.165) is 39.8 Å². The summed E-state index contributed by atoms with van der Waals surface area (Å²) in [6.07, 6.45) is 0.798. The standard InChI is InChI=1S/C26H18O/c27-26-22-14-8-7-13-20(22)15-21-16-23(18-9-3-1-4-10-18)24(17-25(21)26)19-11-5-2-6-12-19/h1-14,16-17H,15H2. The quantitative estimate of drug-likeness (QED) is 0.374. The molecular formula is C26H18O. The third-order valence-electron chi connectivity index (χ3n) is 5.30. The van der Waals surface area contributed by atoms with E-state index in [4.69, 9.17) is 0 Å². The third-order valence-corrected chi connectivity index (χ3v) is 5.30. The van der Waals surface area contributed by atoms with Crippen LogP contribution in [-0.2, 0) is 6.42 Å². The summed E-state index contributed by atoms with van der Waals surface area (Å²) in [6.45, 7) is 0. The number of hydrogen-bond acceptors (Lipinski definition) is 1. The lowest BCUT2D eigenvalue weighted by Gasteiger charge is -2.22. The molecule has 5 rings (SSSR count). The van der Waals surface area contributed by atoms with Crippen LogP contribution in [0.25, 0.3) is 22.3 Å². The van der Waals surface area contributed by atoms with Crippen LogP contribution in [0.3, 0.4) is 0 Å². The van der Waals surface area contributed by atoms with Crippen LogP contribution in [0.2, 0.25) is 0 Å². The van der Waals surface area contributed by atoms with E-state index in [9.17, 15) is 4.79 Å². The van der Waals surface area contributed by atoms with E-state index in [0.29, 0.717) is 0 Å². The fraction of sp³-hybridized carbons (Fsp3) is 0.0385. The van der Waals surface area contributed by atoms with Crippen LogP contribution in [0.4, 0.5) is 0 Å². The van der Waals surface area contributed by atoms with E-state index in [1.165, 1.54) is 11.1 Å². The second kappa shape index (κ2) is 6.37. The van der Waals surface area contributed by atoms with Crippen molar-refractivity contribution in [1.82, 2.24) is 0 Å². The predicted molar refractivity (Wildman–Crippen MR) is 110 cm³/mol. The summed E-state index contributed by atoms with van der Waals surface area (Å²) in [6, 6.07) is 33.0. The van der Waals surface area contributed by atoms with Crippen molar-refractivity contribution in [2.24, 2.45) is 0 Å². The first-order valence-electron chi connectivity index (χ1n) is 9.21. The predicted octanol–water partition coefficient (Wildman–Crippen LogP) is 6.16. The summed E-state index contributed by atoms with van der Waals surface area (Å²) in [5, 5.41) is 0. The first-order chi connectivity index (χ1) is 13.3. The molecule has 0 aromatic heterocycles. The molecule has 128 valence electrons. The van der Waals surface area contributed by atoms with Crippen molar-refractivity contribution in [1.29, 1.82) is 0 Å². The van der Waals surface area contributed by atoms with Gasteiger partial charge in [0.05, 0.1) is 0 Å². The maximum atomic E-state index is 13.1. The Kier molecular flexibility index (Phi) is 3.72. The maximum Gasteiger partial charge on any atom is 0.193 e. The molecule has 0 amide bonds. The lowest BCUT2D eigenvalue weighted by molar-refractivity contribution is 0.103. The minimum Gasteiger partial charge on any atom is -0.289 e. The van der Waals surface area contributed by atoms with Gasteiger partial charge in [0.15, 0.2) is 5.78 Å². The highest BCUT2D eigenvalue weighted by molar-refractivity contribution is 6.13. The Hall–Kier alpha value is -3.45. The number of carbonyl (C=O) groups excluding carboxylic acids is 1. The van der Waals surface area contributed by atoms with Crippen LogP contribution < -0.4 is 0 Å². The number of carbonyl (C=O) groups is 1. The van der Waals surface area contributed by atoms with E-state index >= 15 is 0 Å². The minimum absolute atomic E-state index is 0.128. The molecule has 0 heterocycles. The number of hydrogen-bond donors (Lipinski definition) is 0. The van der Waals surface area contributed by atoms with Crippen LogP contribution in [-0.4, -0.2) is 5.78 Å². The monoisotopic (exact) mass is 346 g/mol. The van der Waals surface area contributed by atoms with E-state index in [-0.39, 0.29) is 5.78 Å². The Morgan fingerprint density at radius 2 is 1.04 bits per heavy atom. The number of ketones is 1. The third kappa shape index (κ3) is 2.69. The molecule has 1 nitrogen and oxygen atoms in total. The van der Waals surface area contributed by atoms with Crippen molar-refractivity contribution >= 4 is 5.78 Å². The lowest BCUT2D eigenvalue weighted by Crippen LogP contribution is -2.15. The molecule has 27 heavy (non-hydrogen) atoms. The minimum atomic E-state index is 0.128. The lowest BCUT2D eigenvalue weighted by atomic mass is 9.81. The van der Waals surface area contributed by atoms with E-state index < -0.39 is 0 Å². The van der Waals surface area contributed by atoms with Gasteiger partial charge in [-0.1, -0.05) is 84.9 Å². The maximum absolute atomic E-state index is 13.1. The fourth-order valence-electron chi connectivity index (χ4n) is 3.96. The molecule has 0 radical (unpaired) electrons. The summed E-state index contributed by atoms with van der Waals surface area (Å²) in [5.41, 5.74) is 8.46. The average molecular weight is 346 g/mol. The van der Waals surface area contributed by atoms with Gasteiger partial charge in [0, 0.05) is 11.1 Å². The van der Waals surface area contributed by atoms with E-state index in [1.807, 2.05) is 42.5 Å². The van der Waals surface area contributed by atoms with Gasteiger partial charge in [-0.15, -0.1) is 0 Å². The molecule has 0 fully saturated rings. The zero-order valence-electron chi connectivity index (χ0n) is 14.9. The summed E-state index contributed by atoms with van der Waals surface area (Å²) < 4.78 is 0. The molecule has 0 unspecified atom stereocenters. The topological polar surface area (TPSA) is 17.1 Å². The number of benzene rings is 4. The zero-order valence-corrected chi connectivity index (χ0v) is 14.9. The molecule has 0 saturated carbocycles. The van der Waals surface area contributed by atoms with Crippen molar-refractivity contribution in [2.75, 3.05) is 0 Å². The number of fused-ring (bicyclic) bond motifs is 2. The average Bonchev–Trinajstić information content (AvgIpc) is 2.74. The largest absolute Gasteiger partial charge is 0.289 e. The normalized spacial score (nSPS) is 12.4. The Labute approximate surface area is 158 Å². The van der Waals surface area contributed by atoms with Gasteiger partial charge in [-0.25, -0.2) is 0 Å². The molecule has 0 atom stereocenters. The second-order valence-corrected chi connectivity index (χ2v) is 6.95. The summed E-state index contributed by atoms with van der Waals surface area (Å²) in [7, 11) is 0. The Morgan fingerprint density at radius 1 is 0.481 bits per heavy atom. The zero-order chi connectivity index (χ0) is 18.2. The van der Waals surface area contributed by atoms with E-state index in [1.54, 1.807) is 0 Å². The molecule has 1 heteroatoms.